The highest BCUT2D eigenvalue weighted by Crippen LogP contribution is 2.26. The van der Waals surface area contributed by atoms with Gasteiger partial charge in [0.2, 0.25) is 5.91 Å². The maximum absolute atomic E-state index is 11.6. The summed E-state index contributed by atoms with van der Waals surface area (Å²) in [6.45, 7) is 0.619. The SMILES string of the molecule is NC(=O)c1ccc(NCC(N)CS)cc1-c1ccccc1. The summed E-state index contributed by atoms with van der Waals surface area (Å²) in [5.74, 6) is 0.172. The van der Waals surface area contributed by atoms with Crippen molar-refractivity contribution >= 4 is 24.2 Å². The molecular formula is C16H19N3OS. The molecule has 0 aromatic heterocycles. The molecule has 0 saturated carbocycles. The Kier molecular flexibility index (Phi) is 5.25. The van der Waals surface area contributed by atoms with Gasteiger partial charge >= 0.3 is 0 Å². The van der Waals surface area contributed by atoms with Crippen molar-refractivity contribution in [1.29, 1.82) is 0 Å². The molecule has 1 unspecified atom stereocenters. The van der Waals surface area contributed by atoms with Gasteiger partial charge in [0.05, 0.1) is 0 Å². The average Bonchev–Trinajstić information content (AvgIpc) is 2.53. The highest BCUT2D eigenvalue weighted by atomic mass is 32.1. The first-order valence-electron chi connectivity index (χ1n) is 6.71. The molecule has 0 aliphatic rings. The van der Waals surface area contributed by atoms with E-state index in [4.69, 9.17) is 11.5 Å². The Morgan fingerprint density at radius 2 is 1.90 bits per heavy atom. The quantitative estimate of drug-likeness (QED) is 0.617. The molecule has 0 radical (unpaired) electrons. The molecule has 2 aromatic rings. The minimum Gasteiger partial charge on any atom is -0.383 e. The maximum Gasteiger partial charge on any atom is 0.249 e. The van der Waals surface area contributed by atoms with Gasteiger partial charge in [-0.2, -0.15) is 12.6 Å². The van der Waals surface area contributed by atoms with Crippen LogP contribution >= 0.6 is 12.6 Å². The first kappa shape index (κ1) is 15.4. The van der Waals surface area contributed by atoms with E-state index in [1.807, 2.05) is 42.5 Å². The number of primary amides is 1. The molecule has 0 aliphatic heterocycles. The molecule has 0 saturated heterocycles. The monoisotopic (exact) mass is 301 g/mol. The summed E-state index contributed by atoms with van der Waals surface area (Å²) in [5, 5.41) is 3.25. The number of carbonyl (C=O) groups is 1. The molecule has 21 heavy (non-hydrogen) atoms. The molecule has 2 rings (SSSR count). The van der Waals surface area contributed by atoms with Crippen LogP contribution in [0.5, 0.6) is 0 Å². The predicted molar refractivity (Wildman–Crippen MR) is 90.7 cm³/mol. The van der Waals surface area contributed by atoms with Gasteiger partial charge < -0.3 is 16.8 Å². The van der Waals surface area contributed by atoms with Crippen LogP contribution in [-0.4, -0.2) is 24.2 Å². The molecule has 0 aliphatic carbocycles. The van der Waals surface area contributed by atoms with Gasteiger partial charge in [0.15, 0.2) is 0 Å². The first-order chi connectivity index (χ1) is 10.1. The van der Waals surface area contributed by atoms with E-state index in [0.717, 1.165) is 16.8 Å². The summed E-state index contributed by atoms with van der Waals surface area (Å²) in [4.78, 5) is 11.6. The highest BCUT2D eigenvalue weighted by Gasteiger charge is 2.11. The molecule has 5 heteroatoms. The first-order valence-corrected chi connectivity index (χ1v) is 7.34. The second-order valence-corrected chi connectivity index (χ2v) is 5.18. The van der Waals surface area contributed by atoms with E-state index in [1.165, 1.54) is 0 Å². The van der Waals surface area contributed by atoms with Gasteiger partial charge in [0, 0.05) is 29.6 Å². The normalized spacial score (nSPS) is 11.9. The number of thiol groups is 1. The number of hydrogen-bond donors (Lipinski definition) is 4. The lowest BCUT2D eigenvalue weighted by Crippen LogP contribution is -2.30. The van der Waals surface area contributed by atoms with Crippen molar-refractivity contribution < 1.29 is 4.79 Å². The minimum atomic E-state index is -0.438. The van der Waals surface area contributed by atoms with Gasteiger partial charge in [0.25, 0.3) is 0 Å². The fraction of sp³-hybridized carbons (Fsp3) is 0.188. The van der Waals surface area contributed by atoms with E-state index in [0.29, 0.717) is 17.9 Å². The van der Waals surface area contributed by atoms with Crippen LogP contribution in [0.15, 0.2) is 48.5 Å². The third-order valence-electron chi connectivity index (χ3n) is 3.17. The summed E-state index contributed by atoms with van der Waals surface area (Å²) >= 11 is 4.16. The van der Waals surface area contributed by atoms with Crippen LogP contribution in [0, 0.1) is 0 Å². The lowest BCUT2D eigenvalue weighted by molar-refractivity contribution is 0.100. The lowest BCUT2D eigenvalue weighted by atomic mass is 9.98. The summed E-state index contributed by atoms with van der Waals surface area (Å²) in [7, 11) is 0. The molecule has 0 spiro atoms. The van der Waals surface area contributed by atoms with E-state index in [-0.39, 0.29) is 6.04 Å². The Morgan fingerprint density at radius 3 is 2.52 bits per heavy atom. The molecule has 2 aromatic carbocycles. The summed E-state index contributed by atoms with van der Waals surface area (Å²) < 4.78 is 0. The van der Waals surface area contributed by atoms with Crippen molar-refractivity contribution in [1.82, 2.24) is 0 Å². The van der Waals surface area contributed by atoms with Gasteiger partial charge in [-0.1, -0.05) is 30.3 Å². The smallest absolute Gasteiger partial charge is 0.249 e. The van der Waals surface area contributed by atoms with Gasteiger partial charge in [-0.15, -0.1) is 0 Å². The van der Waals surface area contributed by atoms with E-state index in [9.17, 15) is 4.79 Å². The fourth-order valence-corrected chi connectivity index (χ4v) is 2.17. The van der Waals surface area contributed by atoms with Gasteiger partial charge in [-0.25, -0.2) is 0 Å². The second-order valence-electron chi connectivity index (χ2n) is 4.81. The van der Waals surface area contributed by atoms with Crippen molar-refractivity contribution in [2.24, 2.45) is 11.5 Å². The van der Waals surface area contributed by atoms with Gasteiger partial charge in [0.1, 0.15) is 0 Å². The van der Waals surface area contributed by atoms with E-state index >= 15 is 0 Å². The molecule has 1 atom stereocenters. The van der Waals surface area contributed by atoms with Crippen LogP contribution < -0.4 is 16.8 Å². The molecule has 0 bridgehead atoms. The van der Waals surface area contributed by atoms with Crippen molar-refractivity contribution in [2.45, 2.75) is 6.04 Å². The largest absolute Gasteiger partial charge is 0.383 e. The molecule has 5 N–H and O–H groups in total. The summed E-state index contributed by atoms with van der Waals surface area (Å²) in [5.41, 5.74) is 14.5. The van der Waals surface area contributed by atoms with Crippen molar-refractivity contribution in [3.63, 3.8) is 0 Å². The fourth-order valence-electron chi connectivity index (χ4n) is 2.04. The van der Waals surface area contributed by atoms with E-state index in [1.54, 1.807) is 6.07 Å². The third-order valence-corrected chi connectivity index (χ3v) is 3.64. The van der Waals surface area contributed by atoms with Crippen LogP contribution in [-0.2, 0) is 0 Å². The number of anilines is 1. The third kappa shape index (κ3) is 4.00. The van der Waals surface area contributed by atoms with Crippen LogP contribution in [0.25, 0.3) is 11.1 Å². The van der Waals surface area contributed by atoms with Crippen molar-refractivity contribution in [2.75, 3.05) is 17.6 Å². The summed E-state index contributed by atoms with van der Waals surface area (Å²) in [6.07, 6.45) is 0. The zero-order valence-electron chi connectivity index (χ0n) is 11.6. The standard InChI is InChI=1S/C16H19N3OS/c17-12(10-21)9-19-13-6-7-14(16(18)20)15(8-13)11-4-2-1-3-5-11/h1-8,12,19,21H,9-10,17H2,(H2,18,20). The maximum atomic E-state index is 11.6. The molecule has 0 heterocycles. The number of amides is 1. The Morgan fingerprint density at radius 1 is 1.19 bits per heavy atom. The van der Waals surface area contributed by atoms with Crippen LogP contribution in [0.2, 0.25) is 0 Å². The molecule has 1 amide bonds. The van der Waals surface area contributed by atoms with E-state index < -0.39 is 5.91 Å². The second kappa shape index (κ2) is 7.15. The van der Waals surface area contributed by atoms with Crippen LogP contribution in [0.4, 0.5) is 5.69 Å². The average molecular weight is 301 g/mol. The highest BCUT2D eigenvalue weighted by molar-refractivity contribution is 7.80. The number of nitrogens with one attached hydrogen (secondary N) is 1. The lowest BCUT2D eigenvalue weighted by Gasteiger charge is -2.14. The Bertz CT molecular complexity index is 616. The number of rotatable bonds is 6. The number of carbonyl (C=O) groups excluding carboxylic acids is 1. The number of nitrogens with two attached hydrogens (primary N) is 2. The Balaban J connectivity index is 2.33. The van der Waals surface area contributed by atoms with E-state index in [2.05, 4.69) is 17.9 Å². The van der Waals surface area contributed by atoms with Crippen molar-refractivity contribution in [3.8, 4) is 11.1 Å². The Labute approximate surface area is 129 Å². The van der Waals surface area contributed by atoms with Gasteiger partial charge in [-0.3, -0.25) is 4.79 Å². The zero-order valence-corrected chi connectivity index (χ0v) is 12.5. The zero-order chi connectivity index (χ0) is 15.2. The summed E-state index contributed by atoms with van der Waals surface area (Å²) in [6, 6.07) is 15.1. The minimum absolute atomic E-state index is 0.0238. The molecular weight excluding hydrogens is 282 g/mol. The molecule has 0 fully saturated rings. The van der Waals surface area contributed by atoms with Gasteiger partial charge in [-0.05, 0) is 29.3 Å². The number of hydrogen-bond acceptors (Lipinski definition) is 4. The topological polar surface area (TPSA) is 81.1 Å². The predicted octanol–water partition coefficient (Wildman–Crippen LogP) is 2.12. The molecule has 110 valence electrons. The van der Waals surface area contributed by atoms with Crippen molar-refractivity contribution in [3.05, 3.63) is 54.1 Å². The molecule has 4 nitrogen and oxygen atoms in total. The van der Waals surface area contributed by atoms with Crippen LogP contribution in [0.1, 0.15) is 10.4 Å². The number of benzene rings is 2. The van der Waals surface area contributed by atoms with Crippen LogP contribution in [0.3, 0.4) is 0 Å². The Hall–Kier alpha value is -1.98.